The van der Waals surface area contributed by atoms with E-state index in [2.05, 4.69) is 11.5 Å². The van der Waals surface area contributed by atoms with Gasteiger partial charge in [-0.15, -0.1) is 0 Å². The molecule has 3 heteroatoms. The molecule has 0 heterocycles. The maximum atomic E-state index is 11.5. The zero-order valence-corrected chi connectivity index (χ0v) is 11.7. The fourth-order valence-corrected chi connectivity index (χ4v) is 1.42. The number of aryl methyl sites for hydroxylation is 2. The Kier molecular flexibility index (Phi) is 4.68. The van der Waals surface area contributed by atoms with E-state index >= 15 is 0 Å². The summed E-state index contributed by atoms with van der Waals surface area (Å²) in [6.07, 6.45) is 3.26. The lowest BCUT2D eigenvalue weighted by molar-refractivity contribution is -0.140. The first kappa shape index (κ1) is 14.5. The van der Waals surface area contributed by atoms with E-state index in [1.165, 1.54) is 11.6 Å². The number of nitrogens with one attached hydrogen (secondary N) is 1. The first-order valence-corrected chi connectivity index (χ1v) is 6.01. The van der Waals surface area contributed by atoms with Gasteiger partial charge in [-0.25, -0.2) is 5.48 Å². The van der Waals surface area contributed by atoms with Gasteiger partial charge in [-0.3, -0.25) is 9.63 Å². The van der Waals surface area contributed by atoms with Gasteiger partial charge in [0.1, 0.15) is 0 Å². The Morgan fingerprint density at radius 3 is 2.50 bits per heavy atom. The second-order valence-corrected chi connectivity index (χ2v) is 5.37. The van der Waals surface area contributed by atoms with Crippen LogP contribution in [0.2, 0.25) is 0 Å². The molecule has 1 amide bonds. The van der Waals surface area contributed by atoms with Crippen LogP contribution in [-0.2, 0) is 9.63 Å². The molecule has 0 aliphatic rings. The summed E-state index contributed by atoms with van der Waals surface area (Å²) in [7, 11) is 0. The van der Waals surface area contributed by atoms with Crippen LogP contribution in [0.1, 0.15) is 37.5 Å². The lowest BCUT2D eigenvalue weighted by atomic mass is 10.1. The van der Waals surface area contributed by atoms with Crippen molar-refractivity contribution >= 4 is 12.0 Å². The van der Waals surface area contributed by atoms with E-state index in [-0.39, 0.29) is 11.5 Å². The average molecular weight is 247 g/mol. The Morgan fingerprint density at radius 2 is 1.94 bits per heavy atom. The van der Waals surface area contributed by atoms with Crippen molar-refractivity contribution < 1.29 is 9.63 Å². The molecule has 0 fully saturated rings. The molecule has 1 rings (SSSR count). The number of rotatable bonds is 3. The van der Waals surface area contributed by atoms with Crippen LogP contribution in [0, 0.1) is 13.8 Å². The van der Waals surface area contributed by atoms with Gasteiger partial charge in [0.15, 0.2) is 0 Å². The van der Waals surface area contributed by atoms with Crippen molar-refractivity contribution in [3.8, 4) is 0 Å². The molecule has 1 aromatic carbocycles. The Balaban J connectivity index is 2.61. The van der Waals surface area contributed by atoms with Crippen molar-refractivity contribution in [2.45, 2.75) is 40.2 Å². The molecular formula is C15H21NO2. The molecule has 1 aromatic rings. The van der Waals surface area contributed by atoms with Gasteiger partial charge in [-0.1, -0.05) is 23.8 Å². The fourth-order valence-electron chi connectivity index (χ4n) is 1.42. The van der Waals surface area contributed by atoms with Crippen molar-refractivity contribution in [1.29, 1.82) is 0 Å². The molecule has 0 radical (unpaired) electrons. The maximum Gasteiger partial charge on any atom is 0.267 e. The van der Waals surface area contributed by atoms with Gasteiger partial charge in [-0.05, 0) is 51.8 Å². The number of amides is 1. The smallest absolute Gasteiger partial charge is 0.267 e. The van der Waals surface area contributed by atoms with E-state index in [1.54, 1.807) is 6.08 Å². The fraction of sp³-hybridized carbons (Fsp3) is 0.400. The lowest BCUT2D eigenvalue weighted by Gasteiger charge is -2.18. The molecule has 0 aliphatic heterocycles. The third kappa shape index (κ3) is 5.15. The Morgan fingerprint density at radius 1 is 1.28 bits per heavy atom. The number of benzene rings is 1. The van der Waals surface area contributed by atoms with Crippen LogP contribution in [-0.4, -0.2) is 11.5 Å². The summed E-state index contributed by atoms with van der Waals surface area (Å²) in [6, 6.07) is 6.11. The Hall–Kier alpha value is -1.61. The van der Waals surface area contributed by atoms with Crippen LogP contribution in [0.25, 0.3) is 6.08 Å². The van der Waals surface area contributed by atoms with Crippen LogP contribution < -0.4 is 5.48 Å². The predicted octanol–water partition coefficient (Wildman–Crippen LogP) is 3.16. The highest BCUT2D eigenvalue weighted by Gasteiger charge is 2.11. The quantitative estimate of drug-likeness (QED) is 0.658. The summed E-state index contributed by atoms with van der Waals surface area (Å²) in [5.74, 6) is -0.259. The van der Waals surface area contributed by atoms with E-state index < -0.39 is 0 Å². The average Bonchev–Trinajstić information content (AvgIpc) is 2.24. The van der Waals surface area contributed by atoms with Crippen LogP contribution in [0.4, 0.5) is 0 Å². The highest BCUT2D eigenvalue weighted by molar-refractivity contribution is 5.91. The zero-order chi connectivity index (χ0) is 13.8. The van der Waals surface area contributed by atoms with Gasteiger partial charge in [0.25, 0.3) is 5.91 Å². The largest absolute Gasteiger partial charge is 0.268 e. The molecule has 18 heavy (non-hydrogen) atoms. The van der Waals surface area contributed by atoms with Crippen LogP contribution in [0.15, 0.2) is 24.3 Å². The molecular weight excluding hydrogens is 226 g/mol. The minimum absolute atomic E-state index is 0.259. The zero-order valence-electron chi connectivity index (χ0n) is 11.7. The molecule has 0 aliphatic carbocycles. The highest BCUT2D eigenvalue weighted by Crippen LogP contribution is 2.12. The molecule has 0 saturated carbocycles. The van der Waals surface area contributed by atoms with Crippen LogP contribution >= 0.6 is 0 Å². The van der Waals surface area contributed by atoms with E-state index in [9.17, 15) is 4.79 Å². The molecule has 3 nitrogen and oxygen atoms in total. The molecule has 0 atom stereocenters. The summed E-state index contributed by atoms with van der Waals surface area (Å²) < 4.78 is 0. The van der Waals surface area contributed by atoms with Crippen LogP contribution in [0.5, 0.6) is 0 Å². The lowest BCUT2D eigenvalue weighted by Crippen LogP contribution is -2.32. The molecule has 1 N–H and O–H groups in total. The summed E-state index contributed by atoms with van der Waals surface area (Å²) in [6.45, 7) is 9.70. The number of hydrogen-bond acceptors (Lipinski definition) is 2. The summed E-state index contributed by atoms with van der Waals surface area (Å²) >= 11 is 0. The second-order valence-electron chi connectivity index (χ2n) is 5.37. The van der Waals surface area contributed by atoms with Crippen molar-refractivity contribution in [2.24, 2.45) is 0 Å². The SMILES string of the molecule is Cc1ccc(/C=C/C(=O)NOC(C)(C)C)c(C)c1. The van der Waals surface area contributed by atoms with Gasteiger partial charge in [-0.2, -0.15) is 0 Å². The summed E-state index contributed by atoms with van der Waals surface area (Å²) in [5.41, 5.74) is 5.41. The Bertz CT molecular complexity index is 456. The van der Waals surface area contributed by atoms with Crippen molar-refractivity contribution in [2.75, 3.05) is 0 Å². The molecule has 0 bridgehead atoms. The normalized spacial score (nSPS) is 11.8. The third-order valence-electron chi connectivity index (χ3n) is 2.30. The minimum Gasteiger partial charge on any atom is -0.268 e. The Labute approximate surface area is 109 Å². The van der Waals surface area contributed by atoms with Crippen molar-refractivity contribution in [3.05, 3.63) is 41.0 Å². The first-order chi connectivity index (χ1) is 8.28. The number of carbonyl (C=O) groups excluding carboxylic acids is 1. The van der Waals surface area contributed by atoms with Crippen LogP contribution in [0.3, 0.4) is 0 Å². The van der Waals surface area contributed by atoms with Gasteiger partial charge in [0, 0.05) is 6.08 Å². The standard InChI is InChI=1S/C15H21NO2/c1-11-6-7-13(12(2)10-11)8-9-14(17)16-18-15(3,4)5/h6-10H,1-5H3,(H,16,17)/b9-8+. The highest BCUT2D eigenvalue weighted by atomic mass is 16.7. The number of hydroxylamine groups is 1. The van der Waals surface area contributed by atoms with Gasteiger partial charge < -0.3 is 0 Å². The summed E-state index contributed by atoms with van der Waals surface area (Å²) in [4.78, 5) is 16.7. The maximum absolute atomic E-state index is 11.5. The van der Waals surface area contributed by atoms with Gasteiger partial charge >= 0.3 is 0 Å². The van der Waals surface area contributed by atoms with Crippen molar-refractivity contribution in [1.82, 2.24) is 5.48 Å². The molecule has 0 spiro atoms. The van der Waals surface area contributed by atoms with E-state index in [0.717, 1.165) is 11.1 Å². The number of carbonyl (C=O) groups is 1. The topological polar surface area (TPSA) is 38.3 Å². The first-order valence-electron chi connectivity index (χ1n) is 6.01. The minimum atomic E-state index is -0.386. The summed E-state index contributed by atoms with van der Waals surface area (Å²) in [5, 5.41) is 0. The van der Waals surface area contributed by atoms with Gasteiger partial charge in [0.2, 0.25) is 0 Å². The van der Waals surface area contributed by atoms with E-state index in [1.807, 2.05) is 46.8 Å². The molecule has 0 unspecified atom stereocenters. The molecule has 98 valence electrons. The molecule has 0 saturated heterocycles. The van der Waals surface area contributed by atoms with E-state index in [4.69, 9.17) is 4.84 Å². The van der Waals surface area contributed by atoms with Gasteiger partial charge in [0.05, 0.1) is 5.60 Å². The number of hydrogen-bond donors (Lipinski definition) is 1. The third-order valence-corrected chi connectivity index (χ3v) is 2.30. The predicted molar refractivity (Wildman–Crippen MR) is 73.9 cm³/mol. The monoisotopic (exact) mass is 247 g/mol. The second kappa shape index (κ2) is 5.83. The van der Waals surface area contributed by atoms with E-state index in [0.29, 0.717) is 0 Å². The molecule has 0 aromatic heterocycles. The van der Waals surface area contributed by atoms with Crippen molar-refractivity contribution in [3.63, 3.8) is 0 Å².